The van der Waals surface area contributed by atoms with Gasteiger partial charge < -0.3 is 42.2 Å². The summed E-state index contributed by atoms with van der Waals surface area (Å²) in [5.74, 6) is -0.210. The Hall–Kier alpha value is -3.63. The smallest absolute Gasteiger partial charge is 0.239 e. The minimum absolute atomic E-state index is 0.000424. The molecule has 5 amide bonds. The lowest BCUT2D eigenvalue weighted by Crippen LogP contribution is -2.38. The summed E-state index contributed by atoms with van der Waals surface area (Å²) < 4.78 is 11.2. The number of carbonyl (C=O) groups is 5. The molecule has 0 radical (unpaired) electrons. The molecule has 0 aliphatic rings. The molecule has 0 aliphatic heterocycles. The second-order valence-electron chi connectivity index (χ2n) is 12.4. The van der Waals surface area contributed by atoms with Crippen LogP contribution in [0.5, 0.6) is 0 Å². The third-order valence-electron chi connectivity index (χ3n) is 5.81. The van der Waals surface area contributed by atoms with Gasteiger partial charge in [-0.3, -0.25) is 28.8 Å². The number of nitrogens with two attached hydrogens (primary N) is 2. The summed E-state index contributed by atoms with van der Waals surface area (Å²) in [7, 11) is 1.50. The van der Waals surface area contributed by atoms with E-state index in [1.165, 1.54) is 13.5 Å². The molecule has 0 fully saturated rings. The first-order valence-corrected chi connectivity index (χ1v) is 17.0. The molecule has 1 aromatic carbocycles. The molecule has 15 nitrogen and oxygen atoms in total. The number of rotatable bonds is 23. The number of nitrogens with one attached hydrogen (secondary N) is 5. The Morgan fingerprint density at radius 3 is 1.96 bits per heavy atom. The molecule has 0 aliphatic carbocycles. The Morgan fingerprint density at radius 1 is 0.860 bits per heavy atom. The van der Waals surface area contributed by atoms with Crippen molar-refractivity contribution in [2.45, 2.75) is 106 Å². The predicted octanol–water partition coefficient (Wildman–Crippen LogP) is 2.77. The maximum Gasteiger partial charge on any atom is 0.239 e. The number of hydroxylamine groups is 1. The fourth-order valence-corrected chi connectivity index (χ4v) is 3.30. The fourth-order valence-electron chi connectivity index (χ4n) is 3.30. The van der Waals surface area contributed by atoms with Crippen molar-refractivity contribution < 1.29 is 38.3 Å². The van der Waals surface area contributed by atoms with Gasteiger partial charge in [-0.2, -0.15) is 0 Å². The van der Waals surface area contributed by atoms with E-state index >= 15 is 0 Å². The summed E-state index contributed by atoms with van der Waals surface area (Å²) in [6.45, 7) is 20.6. The van der Waals surface area contributed by atoms with Crippen LogP contribution in [0.15, 0.2) is 24.3 Å². The van der Waals surface area contributed by atoms with Crippen LogP contribution in [0.3, 0.4) is 0 Å². The molecule has 15 heteroatoms. The standard InChI is InChI=1S/C13H29NO2.C9H17N3O3.C9H10N2O3.C3H8.CH5N/c1-12(2,3)7-9-15-10-11-16-13(4,5)6-8-14;1-8(3-2-4-10-6-13)12-9(15)5-11-7-14;12-6-10-9-3-1-8(2-4-9)5-14-11-7-13;1-3-2;1-2/h6-11,14H2,1-5H3;6-8H,2-5H2,1H3,(H,10,13)(H,11,14)(H,12,15);1-4,6-7H,5H2,(H,10,12)(H,11,13);3H2,1-2H3;2H2,1H3/t;8-;;;/m.1.../s1. The number of carbonyl (C=O) groups excluding carboxylic acids is 5. The van der Waals surface area contributed by atoms with E-state index in [1.807, 2.05) is 6.92 Å². The van der Waals surface area contributed by atoms with E-state index in [0.29, 0.717) is 69.7 Å². The Morgan fingerprint density at radius 2 is 1.46 bits per heavy atom. The fraction of sp³-hybridized carbons (Fsp3) is 0.686. The third-order valence-corrected chi connectivity index (χ3v) is 5.81. The lowest BCUT2D eigenvalue weighted by molar-refractivity contribution is -0.122. The molecular formula is C35H69N7O8. The van der Waals surface area contributed by atoms with Gasteiger partial charge in [0.2, 0.25) is 31.5 Å². The number of hydrogen-bond donors (Lipinski definition) is 7. The van der Waals surface area contributed by atoms with Gasteiger partial charge >= 0.3 is 0 Å². The molecule has 50 heavy (non-hydrogen) atoms. The molecule has 1 rings (SSSR count). The van der Waals surface area contributed by atoms with Crippen LogP contribution in [0.4, 0.5) is 5.69 Å². The van der Waals surface area contributed by atoms with Crippen molar-refractivity contribution in [1.82, 2.24) is 21.4 Å². The highest BCUT2D eigenvalue weighted by molar-refractivity contribution is 5.80. The Balaban J connectivity index is -0.000000297. The normalized spacial score (nSPS) is 10.6. The van der Waals surface area contributed by atoms with Gasteiger partial charge in [0.05, 0.1) is 32.0 Å². The van der Waals surface area contributed by atoms with E-state index in [9.17, 15) is 24.0 Å². The average molecular weight is 716 g/mol. The number of ether oxygens (including phenoxy) is 2. The van der Waals surface area contributed by atoms with Crippen LogP contribution in [0, 0.1) is 5.41 Å². The average Bonchev–Trinajstić information content (AvgIpc) is 3.06. The first-order chi connectivity index (χ1) is 23.7. The summed E-state index contributed by atoms with van der Waals surface area (Å²) in [5.41, 5.74) is 13.9. The lowest BCUT2D eigenvalue weighted by Gasteiger charge is -2.24. The molecule has 0 aromatic heterocycles. The number of anilines is 1. The molecule has 9 N–H and O–H groups in total. The topological polar surface area (TPSA) is 225 Å². The van der Waals surface area contributed by atoms with Crippen molar-refractivity contribution in [3.63, 3.8) is 0 Å². The van der Waals surface area contributed by atoms with Crippen LogP contribution in [0.25, 0.3) is 0 Å². The SMILES string of the molecule is CC(C)(C)CCOCCOC(C)(C)CCN.CCC.CN.C[C@H](CCCNC=O)NC(=O)CNC=O.O=CNOCc1ccc(NC=O)cc1. The second-order valence-corrected chi connectivity index (χ2v) is 12.4. The van der Waals surface area contributed by atoms with Crippen molar-refractivity contribution in [2.75, 3.05) is 51.8 Å². The van der Waals surface area contributed by atoms with E-state index in [0.717, 1.165) is 37.9 Å². The quantitative estimate of drug-likeness (QED) is 0.0498. The third kappa shape index (κ3) is 44.4. The minimum Gasteiger partial charge on any atom is -0.379 e. The van der Waals surface area contributed by atoms with E-state index in [4.69, 9.17) is 20.0 Å². The molecular weight excluding hydrogens is 646 g/mol. The molecule has 0 bridgehead atoms. The Labute approximate surface area is 301 Å². The summed E-state index contributed by atoms with van der Waals surface area (Å²) in [5, 5.41) is 10.0. The van der Waals surface area contributed by atoms with Crippen LogP contribution < -0.4 is 38.2 Å². The molecule has 0 spiro atoms. The van der Waals surface area contributed by atoms with Crippen molar-refractivity contribution in [1.29, 1.82) is 0 Å². The highest BCUT2D eigenvalue weighted by Gasteiger charge is 2.16. The van der Waals surface area contributed by atoms with E-state index in [1.54, 1.807) is 24.3 Å². The van der Waals surface area contributed by atoms with Gasteiger partial charge in [0.25, 0.3) is 0 Å². The lowest BCUT2D eigenvalue weighted by atomic mass is 9.93. The molecule has 0 unspecified atom stereocenters. The van der Waals surface area contributed by atoms with Crippen LogP contribution in [0.2, 0.25) is 0 Å². The van der Waals surface area contributed by atoms with Crippen LogP contribution in [0.1, 0.15) is 93.1 Å². The maximum atomic E-state index is 11.1. The van der Waals surface area contributed by atoms with Crippen molar-refractivity contribution in [2.24, 2.45) is 16.9 Å². The van der Waals surface area contributed by atoms with Gasteiger partial charge in [-0.15, -0.1) is 0 Å². The first kappa shape index (κ1) is 53.2. The summed E-state index contributed by atoms with van der Waals surface area (Å²) in [6, 6.07) is 7.11. The second kappa shape index (κ2) is 38.2. The zero-order valence-electron chi connectivity index (χ0n) is 32.1. The zero-order chi connectivity index (χ0) is 39.1. The highest BCUT2D eigenvalue weighted by atomic mass is 16.6. The minimum atomic E-state index is -0.210. The zero-order valence-corrected chi connectivity index (χ0v) is 32.1. The van der Waals surface area contributed by atoms with Gasteiger partial charge in [-0.1, -0.05) is 53.2 Å². The predicted molar refractivity (Wildman–Crippen MR) is 200 cm³/mol. The maximum absolute atomic E-state index is 11.1. The Bertz CT molecular complexity index is 931. The van der Waals surface area contributed by atoms with Crippen molar-refractivity contribution in [3.8, 4) is 0 Å². The van der Waals surface area contributed by atoms with Crippen molar-refractivity contribution >= 4 is 37.2 Å². The number of amides is 5. The van der Waals surface area contributed by atoms with Crippen LogP contribution in [-0.2, 0) is 44.9 Å². The molecule has 0 heterocycles. The van der Waals surface area contributed by atoms with Crippen molar-refractivity contribution in [3.05, 3.63) is 29.8 Å². The van der Waals surface area contributed by atoms with Crippen LogP contribution in [-0.4, -0.2) is 89.7 Å². The first-order valence-electron chi connectivity index (χ1n) is 17.0. The van der Waals surface area contributed by atoms with Gasteiger partial charge in [0.1, 0.15) is 0 Å². The summed E-state index contributed by atoms with van der Waals surface area (Å²) >= 11 is 0. The number of hydrogen-bond acceptors (Lipinski definition) is 10. The highest BCUT2D eigenvalue weighted by Crippen LogP contribution is 2.18. The molecule has 1 aromatic rings. The largest absolute Gasteiger partial charge is 0.379 e. The van der Waals surface area contributed by atoms with E-state index in [-0.39, 0.29) is 24.1 Å². The summed E-state index contributed by atoms with van der Waals surface area (Å²) in [4.78, 5) is 55.6. The van der Waals surface area contributed by atoms with Gasteiger partial charge in [0.15, 0.2) is 0 Å². The van der Waals surface area contributed by atoms with E-state index < -0.39 is 0 Å². The Kier molecular flexibility index (Phi) is 40.6. The van der Waals surface area contributed by atoms with Gasteiger partial charge in [-0.05, 0) is 83.2 Å². The molecule has 0 saturated carbocycles. The molecule has 0 saturated heterocycles. The van der Waals surface area contributed by atoms with Gasteiger partial charge in [-0.25, -0.2) is 5.48 Å². The van der Waals surface area contributed by atoms with Gasteiger partial charge in [0, 0.05) is 24.9 Å². The molecule has 1 atom stereocenters. The monoisotopic (exact) mass is 716 g/mol. The van der Waals surface area contributed by atoms with Crippen LogP contribution >= 0.6 is 0 Å². The molecule has 292 valence electrons. The summed E-state index contributed by atoms with van der Waals surface area (Å²) in [6.07, 6.45) is 7.01. The van der Waals surface area contributed by atoms with E-state index in [2.05, 4.69) is 80.9 Å². The number of benzene rings is 1.